The van der Waals surface area contributed by atoms with Gasteiger partial charge >= 0.3 is 0 Å². The van der Waals surface area contributed by atoms with E-state index in [9.17, 15) is 4.79 Å². The third-order valence-electron chi connectivity index (χ3n) is 2.97. The highest BCUT2D eigenvalue weighted by atomic mass is 79.9. The second kappa shape index (κ2) is 3.17. The minimum Gasteiger partial charge on any atom is -0.289 e. The Morgan fingerprint density at radius 3 is 2.67 bits per heavy atom. The third kappa shape index (κ3) is 1.18. The van der Waals surface area contributed by atoms with E-state index < -0.39 is 0 Å². The topological polar surface area (TPSA) is 17.1 Å². The van der Waals surface area contributed by atoms with Crippen LogP contribution in [0.1, 0.15) is 28.8 Å². The summed E-state index contributed by atoms with van der Waals surface area (Å²) in [4.78, 5) is 12.1. The highest BCUT2D eigenvalue weighted by Gasteiger charge is 2.31. The van der Waals surface area contributed by atoms with Gasteiger partial charge in [0.2, 0.25) is 0 Å². The molecule has 0 fully saturated rings. The summed E-state index contributed by atoms with van der Waals surface area (Å²) in [7, 11) is 0. The van der Waals surface area contributed by atoms with Crippen LogP contribution in [-0.2, 0) is 0 Å². The molecule has 15 heavy (non-hydrogen) atoms. The predicted molar refractivity (Wildman–Crippen MR) is 63.9 cm³/mol. The summed E-state index contributed by atoms with van der Waals surface area (Å²) in [6.07, 6.45) is 3.98. The summed E-state index contributed by atoms with van der Waals surface area (Å²) < 4.78 is 1.07. The summed E-state index contributed by atoms with van der Waals surface area (Å²) in [5, 5.41) is 0. The van der Waals surface area contributed by atoms with Gasteiger partial charge in [-0.3, -0.25) is 4.79 Å². The lowest BCUT2D eigenvalue weighted by Gasteiger charge is -2.11. The maximum absolute atomic E-state index is 12.1. The van der Waals surface area contributed by atoms with Crippen LogP contribution in [0.2, 0.25) is 0 Å². The molecule has 1 aromatic carbocycles. The molecule has 1 nitrogen and oxygen atoms in total. The molecule has 0 radical (unpaired) electrons. The molecule has 1 aromatic rings. The van der Waals surface area contributed by atoms with Crippen LogP contribution in [0.4, 0.5) is 0 Å². The number of hydrogen-bond acceptors (Lipinski definition) is 1. The standard InChI is InChI=1S/C13H9BrO/c14-11-7-3-6-10-12(11)8-4-1-2-5-9(8)13(10)15/h1-2,4-5,7H,3,6H2. The number of ketones is 1. The lowest BCUT2D eigenvalue weighted by atomic mass is 9.98. The van der Waals surface area contributed by atoms with Crippen molar-refractivity contribution < 1.29 is 4.79 Å². The maximum Gasteiger partial charge on any atom is 0.190 e. The Labute approximate surface area is 96.6 Å². The first kappa shape index (κ1) is 9.10. The third-order valence-corrected chi connectivity index (χ3v) is 3.69. The van der Waals surface area contributed by atoms with Crippen LogP contribution < -0.4 is 0 Å². The van der Waals surface area contributed by atoms with Crippen LogP contribution in [-0.4, -0.2) is 5.78 Å². The molecule has 0 saturated heterocycles. The van der Waals surface area contributed by atoms with E-state index in [0.29, 0.717) is 0 Å². The molecule has 0 aromatic heterocycles. The van der Waals surface area contributed by atoms with E-state index in [2.05, 4.69) is 22.0 Å². The number of benzene rings is 1. The number of Topliss-reactive ketones (excluding diaryl/α,β-unsaturated/α-hetero) is 1. The molecular formula is C13H9BrO. The van der Waals surface area contributed by atoms with Crippen molar-refractivity contribution in [3.63, 3.8) is 0 Å². The molecule has 0 amide bonds. The van der Waals surface area contributed by atoms with Crippen LogP contribution in [0, 0.1) is 0 Å². The highest BCUT2D eigenvalue weighted by molar-refractivity contribution is 9.12. The summed E-state index contributed by atoms with van der Waals surface area (Å²) in [6, 6.07) is 7.84. The van der Waals surface area contributed by atoms with Crippen LogP contribution in [0.25, 0.3) is 5.57 Å². The predicted octanol–water partition coefficient (Wildman–Crippen LogP) is 3.71. The Hall–Kier alpha value is -1.15. The summed E-state index contributed by atoms with van der Waals surface area (Å²) in [5.41, 5.74) is 4.03. The van der Waals surface area contributed by atoms with Gasteiger partial charge in [0, 0.05) is 21.2 Å². The molecule has 2 aliphatic rings. The first-order valence-electron chi connectivity index (χ1n) is 5.02. The van der Waals surface area contributed by atoms with Crippen LogP contribution >= 0.6 is 15.9 Å². The number of allylic oxidation sites excluding steroid dienone is 4. The fraction of sp³-hybridized carbons (Fsp3) is 0.154. The van der Waals surface area contributed by atoms with Crippen molar-refractivity contribution in [1.29, 1.82) is 0 Å². The maximum atomic E-state index is 12.1. The second-order valence-corrected chi connectivity index (χ2v) is 4.67. The Bertz CT molecular complexity index is 523. The van der Waals surface area contributed by atoms with Crippen molar-refractivity contribution in [1.82, 2.24) is 0 Å². The van der Waals surface area contributed by atoms with Crippen molar-refractivity contribution in [2.75, 3.05) is 0 Å². The molecule has 74 valence electrons. The van der Waals surface area contributed by atoms with Gasteiger partial charge in [-0.1, -0.05) is 46.3 Å². The smallest absolute Gasteiger partial charge is 0.190 e. The molecule has 0 N–H and O–H groups in total. The summed E-state index contributed by atoms with van der Waals surface area (Å²) >= 11 is 3.54. The zero-order valence-electron chi connectivity index (χ0n) is 8.09. The molecule has 0 bridgehead atoms. The van der Waals surface area contributed by atoms with Crippen LogP contribution in [0.3, 0.4) is 0 Å². The average Bonchev–Trinajstić information content (AvgIpc) is 2.55. The number of carbonyl (C=O) groups is 1. The number of halogens is 1. The van der Waals surface area contributed by atoms with Gasteiger partial charge in [-0.05, 0) is 18.4 Å². The Morgan fingerprint density at radius 1 is 1.13 bits per heavy atom. The number of rotatable bonds is 0. The normalized spacial score (nSPS) is 18.7. The van der Waals surface area contributed by atoms with Gasteiger partial charge in [0.1, 0.15) is 0 Å². The van der Waals surface area contributed by atoms with Crippen molar-refractivity contribution >= 4 is 27.3 Å². The van der Waals surface area contributed by atoms with E-state index in [-0.39, 0.29) is 5.78 Å². The Morgan fingerprint density at radius 2 is 1.87 bits per heavy atom. The Kier molecular flexibility index (Phi) is 1.93. The van der Waals surface area contributed by atoms with Crippen molar-refractivity contribution in [3.8, 4) is 0 Å². The molecule has 0 spiro atoms. The number of hydrogen-bond donors (Lipinski definition) is 0. The van der Waals surface area contributed by atoms with Crippen molar-refractivity contribution in [3.05, 3.63) is 51.5 Å². The van der Waals surface area contributed by atoms with Gasteiger partial charge < -0.3 is 0 Å². The molecule has 0 saturated carbocycles. The highest BCUT2D eigenvalue weighted by Crippen LogP contribution is 2.43. The van der Waals surface area contributed by atoms with Gasteiger partial charge in [0.15, 0.2) is 5.78 Å². The molecule has 0 unspecified atom stereocenters. The number of fused-ring (bicyclic) bond motifs is 2. The van der Waals surface area contributed by atoms with Crippen LogP contribution in [0.5, 0.6) is 0 Å². The van der Waals surface area contributed by atoms with E-state index in [1.165, 1.54) is 0 Å². The minimum absolute atomic E-state index is 0.214. The average molecular weight is 261 g/mol. The molecule has 0 atom stereocenters. The SMILES string of the molecule is O=C1C2=C(C(Br)=CCC2)c2ccccc21. The molecule has 2 heteroatoms. The van der Waals surface area contributed by atoms with E-state index in [1.807, 2.05) is 24.3 Å². The molecule has 2 aliphatic carbocycles. The van der Waals surface area contributed by atoms with Gasteiger partial charge in [0.05, 0.1) is 0 Å². The monoisotopic (exact) mass is 260 g/mol. The molecule has 3 rings (SSSR count). The zero-order chi connectivity index (χ0) is 10.4. The lowest BCUT2D eigenvalue weighted by Crippen LogP contribution is -2.00. The largest absolute Gasteiger partial charge is 0.289 e. The summed E-state index contributed by atoms with van der Waals surface area (Å²) in [6.45, 7) is 0. The first-order chi connectivity index (χ1) is 7.29. The number of carbonyl (C=O) groups excluding carboxylic acids is 1. The molecule has 0 heterocycles. The quantitative estimate of drug-likeness (QED) is 0.695. The van der Waals surface area contributed by atoms with Crippen molar-refractivity contribution in [2.24, 2.45) is 0 Å². The van der Waals surface area contributed by atoms with E-state index in [1.54, 1.807) is 0 Å². The zero-order valence-corrected chi connectivity index (χ0v) is 9.67. The van der Waals surface area contributed by atoms with E-state index in [4.69, 9.17) is 0 Å². The van der Waals surface area contributed by atoms with Gasteiger partial charge in [-0.2, -0.15) is 0 Å². The van der Waals surface area contributed by atoms with E-state index in [0.717, 1.165) is 39.6 Å². The second-order valence-electron chi connectivity index (χ2n) is 3.82. The van der Waals surface area contributed by atoms with Gasteiger partial charge in [-0.25, -0.2) is 0 Å². The van der Waals surface area contributed by atoms with Gasteiger partial charge in [0.25, 0.3) is 0 Å². The summed E-state index contributed by atoms with van der Waals surface area (Å²) in [5.74, 6) is 0.214. The van der Waals surface area contributed by atoms with E-state index >= 15 is 0 Å². The fourth-order valence-corrected chi connectivity index (χ4v) is 2.98. The molecular weight excluding hydrogens is 252 g/mol. The van der Waals surface area contributed by atoms with Gasteiger partial charge in [-0.15, -0.1) is 0 Å². The molecule has 0 aliphatic heterocycles. The first-order valence-corrected chi connectivity index (χ1v) is 5.81. The Balaban J connectivity index is 2.30. The van der Waals surface area contributed by atoms with Crippen LogP contribution in [0.15, 0.2) is 40.4 Å². The lowest BCUT2D eigenvalue weighted by molar-refractivity contribution is 0.103. The minimum atomic E-state index is 0.214. The van der Waals surface area contributed by atoms with Crippen molar-refractivity contribution in [2.45, 2.75) is 12.8 Å². The fourth-order valence-electron chi connectivity index (χ4n) is 2.29.